The third kappa shape index (κ3) is 4.75. The standard InChI is InChI=1S/C22H21ClN4O3S2/c1-13-6-8-15(9-7-13)14(2)24-22(28)17-11-10-16(23)12-19(17)27-32(29,30)20-5-3-4-18-21(20)26-31-25-18/h3-12,14,21,26-27H,1-2H3,(H,24,28)/t14-,21?/m1/s1. The highest BCUT2D eigenvalue weighted by molar-refractivity contribution is 7.97. The van der Waals surface area contributed by atoms with Crippen LogP contribution >= 0.6 is 23.7 Å². The van der Waals surface area contributed by atoms with Crippen molar-refractivity contribution in [3.05, 3.63) is 87.3 Å². The summed E-state index contributed by atoms with van der Waals surface area (Å²) in [7, 11) is -3.98. The minimum atomic E-state index is -3.98. The number of allylic oxidation sites excluding steroid dienone is 2. The van der Waals surface area contributed by atoms with E-state index in [1.807, 2.05) is 38.1 Å². The molecule has 0 spiro atoms. The number of amides is 1. The molecule has 166 valence electrons. The maximum absolute atomic E-state index is 13.2. The van der Waals surface area contributed by atoms with E-state index in [9.17, 15) is 13.2 Å². The van der Waals surface area contributed by atoms with Gasteiger partial charge in [0.05, 0.1) is 46.1 Å². The first-order chi connectivity index (χ1) is 15.2. The average Bonchev–Trinajstić information content (AvgIpc) is 3.22. The average molecular weight is 489 g/mol. The van der Waals surface area contributed by atoms with Crippen LogP contribution in [0.5, 0.6) is 0 Å². The Morgan fingerprint density at radius 1 is 1.22 bits per heavy atom. The fraction of sp³-hybridized carbons (Fsp3) is 0.182. The van der Waals surface area contributed by atoms with Gasteiger partial charge < -0.3 is 5.32 Å². The zero-order chi connectivity index (χ0) is 22.9. The first-order valence-corrected chi connectivity index (χ1v) is 12.5. The number of fused-ring (bicyclic) bond motifs is 1. The summed E-state index contributed by atoms with van der Waals surface area (Å²) in [4.78, 5) is 13.1. The molecule has 2 aromatic rings. The predicted octanol–water partition coefficient (Wildman–Crippen LogP) is 4.31. The number of sulfonamides is 1. The quantitative estimate of drug-likeness (QED) is 0.526. The minimum absolute atomic E-state index is 0.102. The highest BCUT2D eigenvalue weighted by Gasteiger charge is 2.34. The van der Waals surface area contributed by atoms with Crippen LogP contribution < -0.4 is 14.8 Å². The van der Waals surface area contributed by atoms with Crippen molar-refractivity contribution in [2.45, 2.75) is 25.9 Å². The Balaban J connectivity index is 1.59. The van der Waals surface area contributed by atoms with Gasteiger partial charge in [-0.15, -0.1) is 0 Å². The summed E-state index contributed by atoms with van der Waals surface area (Å²) in [6.07, 6.45) is 4.89. The molecule has 10 heteroatoms. The Labute approximate surface area is 196 Å². The molecule has 1 heterocycles. The van der Waals surface area contributed by atoms with Gasteiger partial charge in [-0.3, -0.25) is 9.52 Å². The van der Waals surface area contributed by atoms with Crippen LogP contribution in [-0.4, -0.2) is 26.1 Å². The zero-order valence-electron chi connectivity index (χ0n) is 17.3. The maximum Gasteiger partial charge on any atom is 0.260 e. The van der Waals surface area contributed by atoms with Gasteiger partial charge in [0.15, 0.2) is 0 Å². The molecular weight excluding hydrogens is 468 g/mol. The molecule has 2 aromatic carbocycles. The molecule has 32 heavy (non-hydrogen) atoms. The van der Waals surface area contributed by atoms with Crippen LogP contribution in [0.15, 0.2) is 70.0 Å². The van der Waals surface area contributed by atoms with Gasteiger partial charge >= 0.3 is 0 Å². The van der Waals surface area contributed by atoms with E-state index in [-0.39, 0.29) is 22.2 Å². The summed E-state index contributed by atoms with van der Waals surface area (Å²) in [5.74, 6) is -0.415. The summed E-state index contributed by atoms with van der Waals surface area (Å²) < 4.78 is 36.0. The number of aryl methyl sites for hydroxylation is 1. The van der Waals surface area contributed by atoms with Gasteiger partial charge in [0.2, 0.25) is 0 Å². The summed E-state index contributed by atoms with van der Waals surface area (Å²) in [5, 5.41) is 3.22. The van der Waals surface area contributed by atoms with Crippen molar-refractivity contribution >= 4 is 51.1 Å². The van der Waals surface area contributed by atoms with Crippen molar-refractivity contribution in [2.75, 3.05) is 4.72 Å². The fourth-order valence-electron chi connectivity index (χ4n) is 3.37. The van der Waals surface area contributed by atoms with E-state index in [2.05, 4.69) is 19.2 Å². The van der Waals surface area contributed by atoms with Gasteiger partial charge in [0.1, 0.15) is 0 Å². The molecule has 2 aliphatic rings. The smallest absolute Gasteiger partial charge is 0.260 e. The van der Waals surface area contributed by atoms with Crippen LogP contribution in [0.4, 0.5) is 5.69 Å². The van der Waals surface area contributed by atoms with Crippen molar-refractivity contribution in [3.8, 4) is 0 Å². The predicted molar refractivity (Wildman–Crippen MR) is 130 cm³/mol. The number of nitrogens with zero attached hydrogens (tertiary/aromatic N) is 1. The van der Waals surface area contributed by atoms with E-state index >= 15 is 0 Å². The zero-order valence-corrected chi connectivity index (χ0v) is 19.7. The molecule has 0 saturated heterocycles. The molecule has 0 saturated carbocycles. The van der Waals surface area contributed by atoms with E-state index in [1.165, 1.54) is 18.2 Å². The molecular formula is C22H21ClN4O3S2. The summed E-state index contributed by atoms with van der Waals surface area (Å²) in [6.45, 7) is 3.86. The second kappa shape index (κ2) is 9.11. The van der Waals surface area contributed by atoms with E-state index in [1.54, 1.807) is 18.2 Å². The molecule has 1 aliphatic carbocycles. The molecule has 0 bridgehead atoms. The van der Waals surface area contributed by atoms with E-state index in [0.29, 0.717) is 10.7 Å². The van der Waals surface area contributed by atoms with Crippen LogP contribution in [0.3, 0.4) is 0 Å². The van der Waals surface area contributed by atoms with Gasteiger partial charge in [-0.1, -0.05) is 47.5 Å². The van der Waals surface area contributed by atoms with E-state index < -0.39 is 22.0 Å². The lowest BCUT2D eigenvalue weighted by Crippen LogP contribution is -2.36. The molecule has 0 aromatic heterocycles. The highest BCUT2D eigenvalue weighted by atomic mass is 35.5. The Bertz CT molecular complexity index is 1250. The molecule has 7 nitrogen and oxygen atoms in total. The number of anilines is 1. The molecule has 0 radical (unpaired) electrons. The largest absolute Gasteiger partial charge is 0.345 e. The van der Waals surface area contributed by atoms with E-state index in [4.69, 9.17) is 11.6 Å². The normalized spacial score (nSPS) is 18.4. The monoisotopic (exact) mass is 488 g/mol. The van der Waals surface area contributed by atoms with Crippen molar-refractivity contribution in [2.24, 2.45) is 4.40 Å². The Kier molecular flexibility index (Phi) is 6.43. The first-order valence-electron chi connectivity index (χ1n) is 9.82. The SMILES string of the molecule is Cc1ccc([C@@H](C)NC(=O)c2ccc(Cl)cc2NS(=O)(=O)C2=CC=CC3=NSNC23)cc1. The number of rotatable bonds is 6. The lowest BCUT2D eigenvalue weighted by Gasteiger charge is -2.21. The highest BCUT2D eigenvalue weighted by Crippen LogP contribution is 2.29. The number of benzene rings is 2. The van der Waals surface area contributed by atoms with Crippen molar-refractivity contribution < 1.29 is 13.2 Å². The van der Waals surface area contributed by atoms with Crippen molar-refractivity contribution in [1.82, 2.24) is 10.0 Å². The number of hydrogen-bond acceptors (Lipinski definition) is 6. The molecule has 1 aliphatic heterocycles. The topological polar surface area (TPSA) is 99.7 Å². The molecule has 4 rings (SSSR count). The number of carbonyl (C=O) groups is 1. The number of carbonyl (C=O) groups excluding carboxylic acids is 1. The lowest BCUT2D eigenvalue weighted by molar-refractivity contribution is 0.0941. The van der Waals surface area contributed by atoms with Gasteiger partial charge in [0.25, 0.3) is 15.9 Å². The van der Waals surface area contributed by atoms with Crippen LogP contribution in [0, 0.1) is 6.92 Å². The van der Waals surface area contributed by atoms with Crippen molar-refractivity contribution in [3.63, 3.8) is 0 Å². The van der Waals surface area contributed by atoms with Gasteiger partial charge in [-0.2, -0.15) is 0 Å². The Hall–Kier alpha value is -2.59. The number of halogens is 1. The third-order valence-corrected chi connectivity index (χ3v) is 7.49. The molecule has 1 unspecified atom stereocenters. The van der Waals surface area contributed by atoms with Crippen LogP contribution in [0.1, 0.15) is 34.5 Å². The minimum Gasteiger partial charge on any atom is -0.345 e. The second-order valence-corrected chi connectivity index (χ2v) is 10.2. The van der Waals surface area contributed by atoms with Gasteiger partial charge in [-0.25, -0.2) is 17.5 Å². The summed E-state index contributed by atoms with van der Waals surface area (Å²) in [5.41, 5.74) is 2.96. The second-order valence-electron chi connectivity index (χ2n) is 7.49. The van der Waals surface area contributed by atoms with Gasteiger partial charge in [-0.05, 0) is 49.8 Å². The van der Waals surface area contributed by atoms with Crippen LogP contribution in [-0.2, 0) is 10.0 Å². The summed E-state index contributed by atoms with van der Waals surface area (Å²) in [6, 6.07) is 11.5. The lowest BCUT2D eigenvalue weighted by atomic mass is 10.1. The van der Waals surface area contributed by atoms with Gasteiger partial charge in [0, 0.05) is 5.02 Å². The third-order valence-electron chi connectivity index (χ3n) is 5.14. The maximum atomic E-state index is 13.2. The number of hydrogen-bond donors (Lipinski definition) is 3. The van der Waals surface area contributed by atoms with Crippen LogP contribution in [0.2, 0.25) is 5.02 Å². The molecule has 3 N–H and O–H groups in total. The Morgan fingerprint density at radius 3 is 2.72 bits per heavy atom. The first kappa shape index (κ1) is 22.6. The number of nitrogens with one attached hydrogen (secondary N) is 3. The summed E-state index contributed by atoms with van der Waals surface area (Å²) >= 11 is 7.20. The molecule has 2 atom stereocenters. The van der Waals surface area contributed by atoms with E-state index in [0.717, 1.165) is 23.3 Å². The fourth-order valence-corrected chi connectivity index (χ4v) is 5.62. The van der Waals surface area contributed by atoms with Crippen molar-refractivity contribution in [1.29, 1.82) is 0 Å². The Morgan fingerprint density at radius 2 is 1.97 bits per heavy atom. The molecule has 0 fully saturated rings. The molecule has 1 amide bonds. The van der Waals surface area contributed by atoms with Crippen LogP contribution in [0.25, 0.3) is 0 Å².